The summed E-state index contributed by atoms with van der Waals surface area (Å²) in [5.41, 5.74) is 0. The predicted octanol–water partition coefficient (Wildman–Crippen LogP) is 4.25. The van der Waals surface area contributed by atoms with Gasteiger partial charge in [0.15, 0.2) is 0 Å². The molecule has 0 unspecified atom stereocenters. The van der Waals surface area contributed by atoms with E-state index in [1.165, 1.54) is 50.7 Å². The maximum atomic E-state index is 10.9. The zero-order valence-electron chi connectivity index (χ0n) is 13.0. The highest BCUT2D eigenvalue weighted by molar-refractivity contribution is 5.65. The summed E-state index contributed by atoms with van der Waals surface area (Å²) in [6.07, 6.45) is 10.8. The number of hydroxylamine groups is 2. The first kappa shape index (κ1) is 18.4. The van der Waals surface area contributed by atoms with Gasteiger partial charge >= 0.3 is 5.97 Å². The maximum Gasteiger partial charge on any atom is 0.325 e. The fourth-order valence-corrected chi connectivity index (χ4v) is 1.79. The van der Waals surface area contributed by atoms with Gasteiger partial charge in [0.2, 0.25) is 0 Å². The van der Waals surface area contributed by atoms with Crippen molar-refractivity contribution in [2.24, 2.45) is 0 Å². The van der Waals surface area contributed by atoms with E-state index >= 15 is 0 Å². The first-order chi connectivity index (χ1) is 9.20. The Labute approximate surface area is 118 Å². The lowest BCUT2D eigenvalue weighted by atomic mass is 10.1. The summed E-state index contributed by atoms with van der Waals surface area (Å²) in [5.74, 6) is -0.323. The second-order valence-electron chi connectivity index (χ2n) is 4.95. The van der Waals surface area contributed by atoms with E-state index in [0.717, 1.165) is 19.3 Å². The highest BCUT2D eigenvalue weighted by Gasteiger charge is 2.08. The summed E-state index contributed by atoms with van der Waals surface area (Å²) in [4.78, 5) is 21.4. The van der Waals surface area contributed by atoms with Crippen LogP contribution in [-0.2, 0) is 14.5 Å². The van der Waals surface area contributed by atoms with Gasteiger partial charge in [-0.15, -0.1) is 0 Å². The Morgan fingerprint density at radius 2 is 1.47 bits per heavy atom. The molecule has 0 bridgehead atoms. The largest absolute Gasteiger partial charge is 0.343 e. The van der Waals surface area contributed by atoms with Crippen LogP contribution < -0.4 is 0 Å². The fraction of sp³-hybridized carbons (Fsp3) is 0.933. The summed E-state index contributed by atoms with van der Waals surface area (Å²) < 4.78 is 0. The Balaban J connectivity index is 3.48. The van der Waals surface area contributed by atoms with E-state index in [1.54, 1.807) is 0 Å². The van der Waals surface area contributed by atoms with Crippen molar-refractivity contribution in [3.63, 3.8) is 0 Å². The van der Waals surface area contributed by atoms with E-state index in [2.05, 4.69) is 13.8 Å². The van der Waals surface area contributed by atoms with Gasteiger partial charge in [-0.3, -0.25) is 9.63 Å². The van der Waals surface area contributed by atoms with E-state index < -0.39 is 0 Å². The summed E-state index contributed by atoms with van der Waals surface area (Å²) in [5, 5.41) is 1.34. The van der Waals surface area contributed by atoms with Crippen molar-refractivity contribution in [1.82, 2.24) is 5.23 Å². The molecule has 0 N–H and O–H groups in total. The van der Waals surface area contributed by atoms with E-state index in [9.17, 15) is 4.79 Å². The van der Waals surface area contributed by atoms with Crippen LogP contribution in [0.25, 0.3) is 0 Å². The van der Waals surface area contributed by atoms with Crippen LogP contribution in [-0.4, -0.2) is 24.3 Å². The normalized spacial score (nSPS) is 10.9. The zero-order chi connectivity index (χ0) is 14.3. The molecule has 0 aromatic carbocycles. The van der Waals surface area contributed by atoms with Crippen molar-refractivity contribution < 1.29 is 14.5 Å². The van der Waals surface area contributed by atoms with Crippen molar-refractivity contribution in [2.45, 2.75) is 78.6 Å². The highest BCUT2D eigenvalue weighted by Crippen LogP contribution is 2.07. The number of nitrogens with zero attached hydrogens (tertiary/aromatic N) is 1. The third kappa shape index (κ3) is 13.6. The van der Waals surface area contributed by atoms with Crippen molar-refractivity contribution >= 4 is 5.97 Å². The molecule has 0 fully saturated rings. The van der Waals surface area contributed by atoms with Gasteiger partial charge in [0.05, 0.1) is 13.2 Å². The molecule has 0 aliphatic rings. The molecule has 0 aromatic heterocycles. The fourth-order valence-electron chi connectivity index (χ4n) is 1.79. The van der Waals surface area contributed by atoms with E-state index in [4.69, 9.17) is 9.68 Å². The molecule has 0 amide bonds. The summed E-state index contributed by atoms with van der Waals surface area (Å²) in [6, 6.07) is 0. The monoisotopic (exact) mass is 273 g/mol. The molecule has 4 nitrogen and oxygen atoms in total. The number of hydrogen-bond acceptors (Lipinski definition) is 4. The van der Waals surface area contributed by atoms with Crippen molar-refractivity contribution in [3.8, 4) is 0 Å². The molecule has 19 heavy (non-hydrogen) atoms. The number of unbranched alkanes of at least 4 members (excludes halogenated alkanes) is 7. The van der Waals surface area contributed by atoms with Gasteiger partial charge in [0, 0.05) is 6.92 Å². The first-order valence-electron chi connectivity index (χ1n) is 7.79. The summed E-state index contributed by atoms with van der Waals surface area (Å²) >= 11 is 0. The van der Waals surface area contributed by atoms with Gasteiger partial charge in [-0.25, -0.2) is 0 Å². The topological polar surface area (TPSA) is 38.8 Å². The lowest BCUT2D eigenvalue weighted by Gasteiger charge is -2.19. The molecule has 4 heteroatoms. The van der Waals surface area contributed by atoms with Crippen molar-refractivity contribution in [1.29, 1.82) is 0 Å². The van der Waals surface area contributed by atoms with Crippen LogP contribution in [0.1, 0.15) is 78.6 Å². The molecule has 0 saturated carbocycles. The lowest BCUT2D eigenvalue weighted by molar-refractivity contribution is -0.345. The van der Waals surface area contributed by atoms with Gasteiger partial charge < -0.3 is 4.84 Å². The lowest BCUT2D eigenvalue weighted by Crippen LogP contribution is -2.28. The highest BCUT2D eigenvalue weighted by atomic mass is 17.0. The Morgan fingerprint density at radius 3 is 2.05 bits per heavy atom. The Bertz CT molecular complexity index is 210. The van der Waals surface area contributed by atoms with Crippen LogP contribution in [0.3, 0.4) is 0 Å². The molecule has 0 heterocycles. The zero-order valence-corrected chi connectivity index (χ0v) is 13.0. The van der Waals surface area contributed by atoms with Crippen LogP contribution in [0.5, 0.6) is 0 Å². The minimum Gasteiger partial charge on any atom is -0.343 e. The van der Waals surface area contributed by atoms with Crippen LogP contribution in [0.4, 0.5) is 0 Å². The molecule has 0 aliphatic heterocycles. The number of carbonyl (C=O) groups is 1. The second-order valence-corrected chi connectivity index (χ2v) is 4.95. The molecule has 0 aromatic rings. The molecular weight excluding hydrogens is 242 g/mol. The average molecular weight is 273 g/mol. The molecule has 0 radical (unpaired) electrons. The Kier molecular flexibility index (Phi) is 13.4. The summed E-state index contributed by atoms with van der Waals surface area (Å²) in [7, 11) is 0. The SMILES string of the molecule is CCCCCCCCCON(CCCC)OC(C)=O. The van der Waals surface area contributed by atoms with Gasteiger partial charge in [-0.1, -0.05) is 58.8 Å². The Morgan fingerprint density at radius 1 is 0.895 bits per heavy atom. The molecule has 0 atom stereocenters. The smallest absolute Gasteiger partial charge is 0.325 e. The minimum absolute atomic E-state index is 0.323. The summed E-state index contributed by atoms with van der Waals surface area (Å²) in [6.45, 7) is 7.00. The Hall–Kier alpha value is -0.610. The van der Waals surface area contributed by atoms with Gasteiger partial charge in [0.25, 0.3) is 0 Å². The average Bonchev–Trinajstić information content (AvgIpc) is 2.38. The van der Waals surface area contributed by atoms with E-state index in [0.29, 0.717) is 13.2 Å². The van der Waals surface area contributed by atoms with Crippen molar-refractivity contribution in [3.05, 3.63) is 0 Å². The molecule has 0 rings (SSSR count). The molecular formula is C15H31NO3. The van der Waals surface area contributed by atoms with Gasteiger partial charge in [0.1, 0.15) is 0 Å². The molecule has 0 saturated heterocycles. The second kappa shape index (κ2) is 13.8. The quantitative estimate of drug-likeness (QED) is 0.371. The number of rotatable bonds is 13. The van der Waals surface area contributed by atoms with Gasteiger partial charge in [-0.2, -0.15) is 0 Å². The van der Waals surface area contributed by atoms with E-state index in [1.807, 2.05) is 0 Å². The number of carbonyl (C=O) groups excluding carboxylic acids is 1. The predicted molar refractivity (Wildman–Crippen MR) is 77.3 cm³/mol. The van der Waals surface area contributed by atoms with Crippen LogP contribution in [0.2, 0.25) is 0 Å². The minimum atomic E-state index is -0.323. The molecule has 114 valence electrons. The van der Waals surface area contributed by atoms with Gasteiger partial charge in [-0.05, 0) is 18.1 Å². The van der Waals surface area contributed by atoms with Crippen LogP contribution in [0, 0.1) is 0 Å². The maximum absolute atomic E-state index is 10.9. The number of hydrogen-bond donors (Lipinski definition) is 0. The van der Waals surface area contributed by atoms with E-state index in [-0.39, 0.29) is 5.97 Å². The van der Waals surface area contributed by atoms with Crippen molar-refractivity contribution in [2.75, 3.05) is 13.2 Å². The molecule has 0 spiro atoms. The molecule has 0 aliphatic carbocycles. The first-order valence-corrected chi connectivity index (χ1v) is 7.79. The standard InChI is InChI=1S/C15H31NO3/c1-4-6-8-9-10-11-12-14-18-16(13-7-5-2)19-15(3)17/h4-14H2,1-3H3. The van der Waals surface area contributed by atoms with Crippen LogP contribution in [0.15, 0.2) is 0 Å². The third-order valence-electron chi connectivity index (χ3n) is 2.91. The third-order valence-corrected chi connectivity index (χ3v) is 2.91. The van der Waals surface area contributed by atoms with Crippen LogP contribution >= 0.6 is 0 Å².